The van der Waals surface area contributed by atoms with Crippen LogP contribution < -0.4 is 25.4 Å². The summed E-state index contributed by atoms with van der Waals surface area (Å²) in [4.78, 5) is 46.9. The van der Waals surface area contributed by atoms with E-state index < -0.39 is 11.5 Å². The number of amides is 2. The van der Waals surface area contributed by atoms with Crippen LogP contribution in [0.25, 0.3) is 11.1 Å². The van der Waals surface area contributed by atoms with Gasteiger partial charge in [0, 0.05) is 59.9 Å². The number of aryl methyl sites for hydroxylation is 1. The fourth-order valence-corrected chi connectivity index (χ4v) is 10.8. The molecule has 2 amide bonds. The van der Waals surface area contributed by atoms with Crippen LogP contribution in [-0.4, -0.2) is 58.7 Å². The molecule has 4 N–H and O–H groups in total. The third-order valence-electron chi connectivity index (χ3n) is 14.1. The van der Waals surface area contributed by atoms with Crippen LogP contribution in [0.4, 0.5) is 5.69 Å². The molecule has 2 aromatic heterocycles. The SMILES string of the molecule is CNC(=O)c1ccc(-c2cccc(CNC(=O)CCCOc3ccc4c(c3)C3(CCC(Nc5cccc(Cl)c5)(C(=O)O)CC3)[C@@H](C[C@@H](C)COc3ccnc5c3[C@H](C)CCC5)C4)c2)cn1. The summed E-state index contributed by atoms with van der Waals surface area (Å²) in [6, 6.07) is 27.2. The minimum Gasteiger partial charge on any atom is -0.494 e. The Labute approximate surface area is 387 Å². The number of nitrogens with one attached hydrogen (secondary N) is 3. The van der Waals surface area contributed by atoms with E-state index in [1.54, 1.807) is 31.4 Å². The molecule has 1 fully saturated rings. The maximum atomic E-state index is 13.1. The molecule has 0 aliphatic heterocycles. The van der Waals surface area contributed by atoms with E-state index in [0.717, 1.165) is 66.0 Å². The van der Waals surface area contributed by atoms with Crippen LogP contribution in [0.5, 0.6) is 11.5 Å². The van der Waals surface area contributed by atoms with Crippen LogP contribution in [0.15, 0.2) is 97.3 Å². The van der Waals surface area contributed by atoms with Crippen molar-refractivity contribution in [3.63, 3.8) is 0 Å². The van der Waals surface area contributed by atoms with Gasteiger partial charge in [-0.15, -0.1) is 0 Å². The van der Waals surface area contributed by atoms with E-state index in [4.69, 9.17) is 21.1 Å². The zero-order valence-corrected chi connectivity index (χ0v) is 38.4. The molecule has 2 heterocycles. The minimum atomic E-state index is -1.12. The summed E-state index contributed by atoms with van der Waals surface area (Å²) < 4.78 is 12.9. The van der Waals surface area contributed by atoms with Gasteiger partial charge in [-0.25, -0.2) is 4.79 Å². The van der Waals surface area contributed by atoms with Crippen LogP contribution in [0.3, 0.4) is 0 Å². The van der Waals surface area contributed by atoms with Crippen molar-refractivity contribution in [2.45, 2.75) is 108 Å². The zero-order chi connectivity index (χ0) is 45.6. The molecular formula is C53H60ClN5O6. The van der Waals surface area contributed by atoms with Crippen molar-refractivity contribution >= 4 is 35.1 Å². The van der Waals surface area contributed by atoms with Crippen LogP contribution >= 0.6 is 11.6 Å². The van der Waals surface area contributed by atoms with Crippen molar-refractivity contribution in [2.75, 3.05) is 25.6 Å². The fourth-order valence-electron chi connectivity index (χ4n) is 10.6. The van der Waals surface area contributed by atoms with E-state index in [9.17, 15) is 19.5 Å². The highest BCUT2D eigenvalue weighted by Gasteiger charge is 2.54. The number of pyridine rings is 2. The Morgan fingerprint density at radius 3 is 2.54 bits per heavy atom. The number of carbonyl (C=O) groups is 3. The normalized spacial score (nSPS) is 21.4. The number of aromatic nitrogens is 2. The molecule has 0 unspecified atom stereocenters. The van der Waals surface area contributed by atoms with Crippen molar-refractivity contribution in [3.8, 4) is 22.6 Å². The van der Waals surface area contributed by atoms with E-state index in [2.05, 4.69) is 51.9 Å². The van der Waals surface area contributed by atoms with Crippen LogP contribution in [-0.2, 0) is 34.4 Å². The van der Waals surface area contributed by atoms with Crippen LogP contribution in [0.1, 0.15) is 116 Å². The molecule has 1 saturated carbocycles. The third-order valence-corrected chi connectivity index (χ3v) is 14.3. The number of rotatable bonds is 17. The molecule has 3 aromatic carbocycles. The number of carboxylic acid groups (broad SMARTS) is 1. The van der Waals surface area contributed by atoms with Gasteiger partial charge >= 0.3 is 5.97 Å². The summed E-state index contributed by atoms with van der Waals surface area (Å²) >= 11 is 6.32. The van der Waals surface area contributed by atoms with Gasteiger partial charge in [0.1, 0.15) is 22.7 Å². The summed E-state index contributed by atoms with van der Waals surface area (Å²) in [6.45, 7) is 5.92. The van der Waals surface area contributed by atoms with E-state index >= 15 is 0 Å². The maximum absolute atomic E-state index is 13.1. The number of carbonyl (C=O) groups excluding carboxylic acids is 2. The van der Waals surface area contributed by atoms with E-state index in [1.165, 1.54) is 16.7 Å². The quantitative estimate of drug-likeness (QED) is 0.0669. The Morgan fingerprint density at radius 2 is 1.77 bits per heavy atom. The van der Waals surface area contributed by atoms with Crippen molar-refractivity contribution in [2.24, 2.45) is 11.8 Å². The van der Waals surface area contributed by atoms with Crippen molar-refractivity contribution in [1.82, 2.24) is 20.6 Å². The Kier molecular flexibility index (Phi) is 14.1. The number of benzene rings is 3. The van der Waals surface area contributed by atoms with E-state index in [0.29, 0.717) is 86.5 Å². The fraction of sp³-hybridized carbons (Fsp3) is 0.415. The molecule has 1 spiro atoms. The third kappa shape index (κ3) is 10.3. The number of hydrogen-bond acceptors (Lipinski definition) is 8. The highest BCUT2D eigenvalue weighted by atomic mass is 35.5. The molecule has 65 heavy (non-hydrogen) atoms. The molecule has 3 atom stereocenters. The number of fused-ring (bicyclic) bond motifs is 3. The van der Waals surface area contributed by atoms with Crippen LogP contribution in [0.2, 0.25) is 5.02 Å². The number of hydrogen-bond donors (Lipinski definition) is 4. The summed E-state index contributed by atoms with van der Waals surface area (Å²) in [5.74, 6) is 1.57. The van der Waals surface area contributed by atoms with Gasteiger partial charge < -0.3 is 30.5 Å². The zero-order valence-electron chi connectivity index (χ0n) is 37.6. The largest absolute Gasteiger partial charge is 0.494 e. The van der Waals surface area contributed by atoms with Gasteiger partial charge in [-0.05, 0) is 158 Å². The number of carboxylic acids is 1. The van der Waals surface area contributed by atoms with Gasteiger partial charge in [0.2, 0.25) is 5.91 Å². The van der Waals surface area contributed by atoms with Gasteiger partial charge in [-0.1, -0.05) is 61.8 Å². The molecule has 3 aliphatic carbocycles. The number of halogens is 1. The Balaban J connectivity index is 0.911. The maximum Gasteiger partial charge on any atom is 0.329 e. The summed E-state index contributed by atoms with van der Waals surface area (Å²) in [5, 5.41) is 20.3. The predicted octanol–water partition coefficient (Wildman–Crippen LogP) is 10.1. The highest BCUT2D eigenvalue weighted by Crippen LogP contribution is 2.57. The summed E-state index contributed by atoms with van der Waals surface area (Å²) in [6.07, 6.45) is 11.9. The average molecular weight is 899 g/mol. The molecule has 0 bridgehead atoms. The number of nitrogens with zero attached hydrogens (tertiary/aromatic N) is 2. The van der Waals surface area contributed by atoms with Gasteiger partial charge in [0.05, 0.1) is 13.2 Å². The lowest BCUT2D eigenvalue weighted by molar-refractivity contribution is -0.144. The predicted molar refractivity (Wildman–Crippen MR) is 254 cm³/mol. The first-order chi connectivity index (χ1) is 31.4. The first-order valence-corrected chi connectivity index (χ1v) is 23.5. The second-order valence-electron chi connectivity index (χ2n) is 18.5. The van der Waals surface area contributed by atoms with Crippen molar-refractivity contribution in [3.05, 3.63) is 136 Å². The number of aliphatic carboxylic acids is 1. The molecule has 11 nitrogen and oxygen atoms in total. The molecule has 0 radical (unpaired) electrons. The molecule has 340 valence electrons. The Hall–Kier alpha value is -5.94. The van der Waals surface area contributed by atoms with E-state index in [-0.39, 0.29) is 23.1 Å². The lowest BCUT2D eigenvalue weighted by Crippen LogP contribution is -2.53. The molecule has 12 heteroatoms. The van der Waals surface area contributed by atoms with Crippen molar-refractivity contribution < 1.29 is 29.0 Å². The summed E-state index contributed by atoms with van der Waals surface area (Å²) in [7, 11) is 1.57. The lowest BCUT2D eigenvalue weighted by Gasteiger charge is -2.47. The number of ether oxygens (including phenoxy) is 2. The molecule has 3 aliphatic rings. The average Bonchev–Trinajstić information content (AvgIpc) is 3.60. The van der Waals surface area contributed by atoms with Gasteiger partial charge in [-0.2, -0.15) is 0 Å². The molecule has 5 aromatic rings. The monoisotopic (exact) mass is 897 g/mol. The van der Waals surface area contributed by atoms with Gasteiger partial charge in [-0.3, -0.25) is 19.6 Å². The van der Waals surface area contributed by atoms with E-state index in [1.807, 2.05) is 60.8 Å². The molecule has 8 rings (SSSR count). The second kappa shape index (κ2) is 20.1. The highest BCUT2D eigenvalue weighted by molar-refractivity contribution is 6.30. The van der Waals surface area contributed by atoms with Crippen LogP contribution in [0, 0.1) is 11.8 Å². The Morgan fingerprint density at radius 1 is 0.938 bits per heavy atom. The topological polar surface area (TPSA) is 152 Å². The smallest absolute Gasteiger partial charge is 0.329 e. The van der Waals surface area contributed by atoms with Gasteiger partial charge in [0.15, 0.2) is 0 Å². The summed E-state index contributed by atoms with van der Waals surface area (Å²) in [5.41, 5.74) is 7.47. The lowest BCUT2D eigenvalue weighted by atomic mass is 9.59. The molecular weight excluding hydrogens is 838 g/mol. The van der Waals surface area contributed by atoms with Gasteiger partial charge in [0.25, 0.3) is 5.91 Å². The van der Waals surface area contributed by atoms with Crippen molar-refractivity contribution in [1.29, 1.82) is 0 Å². The standard InChI is InChI=1S/C53H60ClN5O6/c1-34(33-65-47-19-24-56-45-13-4-8-35(2)49(45)47)26-40-28-38-15-17-43(30-44(38)52(40)20-22-53(23-21-52,51(62)63)59-42-12-6-11-41(54)29-42)64-25-7-14-48(60)58-31-36-9-5-10-37(27-36)39-16-18-46(57-32-39)50(61)55-3/h5-6,9-12,15-19,24,27,29-30,32,34-35,40,59H,4,7-8,13-14,20-23,25-26,28,31,33H2,1-3H3,(H,55,61)(H,58,60)(H,62,63)/t34-,35-,40+,52?,53?/m1/s1. The first kappa shape index (κ1) is 45.6. The second-order valence-corrected chi connectivity index (χ2v) is 18.9. The Bertz CT molecular complexity index is 2500. The molecule has 0 saturated heterocycles. The minimum absolute atomic E-state index is 0.0571. The number of anilines is 1. The first-order valence-electron chi connectivity index (χ1n) is 23.1.